The van der Waals surface area contributed by atoms with Gasteiger partial charge in [0.15, 0.2) is 0 Å². The summed E-state index contributed by atoms with van der Waals surface area (Å²) in [5.74, 6) is -1.05. The van der Waals surface area contributed by atoms with E-state index in [1.54, 1.807) is 18.2 Å². The van der Waals surface area contributed by atoms with E-state index in [-0.39, 0.29) is 6.54 Å². The number of halogens is 2. The molecule has 0 heterocycles. The average Bonchev–Trinajstić information content (AvgIpc) is 2.39. The van der Waals surface area contributed by atoms with Crippen molar-refractivity contribution in [2.45, 2.75) is 32.4 Å². The lowest BCUT2D eigenvalue weighted by Gasteiger charge is -2.14. The number of rotatable bonds is 6. The zero-order valence-electron chi connectivity index (χ0n) is 11.0. The van der Waals surface area contributed by atoms with E-state index in [0.29, 0.717) is 28.5 Å². The van der Waals surface area contributed by atoms with E-state index in [1.165, 1.54) is 0 Å². The molecule has 1 aromatic rings. The maximum Gasteiger partial charge on any atom is 0.326 e. The Morgan fingerprint density at radius 2 is 2.05 bits per heavy atom. The molecule has 0 aliphatic heterocycles. The molecule has 0 aliphatic carbocycles. The molecular weight excluding hydrogens is 303 g/mol. The quantitative estimate of drug-likeness (QED) is 0.754. The van der Waals surface area contributed by atoms with Crippen LogP contribution in [0.25, 0.3) is 0 Å². The van der Waals surface area contributed by atoms with E-state index in [4.69, 9.17) is 28.3 Å². The second kappa shape index (κ2) is 7.97. The van der Waals surface area contributed by atoms with Gasteiger partial charge < -0.3 is 15.7 Å². The number of benzene rings is 1. The highest BCUT2D eigenvalue weighted by molar-refractivity contribution is 6.33. The molecule has 5 nitrogen and oxygen atoms in total. The van der Waals surface area contributed by atoms with Gasteiger partial charge in [0.05, 0.1) is 0 Å². The maximum absolute atomic E-state index is 11.6. The number of amides is 2. The third kappa shape index (κ3) is 5.27. The third-order valence-corrected chi connectivity index (χ3v) is 3.23. The number of urea groups is 1. The van der Waals surface area contributed by atoms with Crippen LogP contribution in [0.2, 0.25) is 10.0 Å². The van der Waals surface area contributed by atoms with Gasteiger partial charge in [-0.3, -0.25) is 0 Å². The van der Waals surface area contributed by atoms with Gasteiger partial charge in [-0.2, -0.15) is 0 Å². The molecule has 0 saturated carbocycles. The highest BCUT2D eigenvalue weighted by atomic mass is 35.5. The van der Waals surface area contributed by atoms with Crippen LogP contribution in [0.4, 0.5) is 4.79 Å². The van der Waals surface area contributed by atoms with Crippen molar-refractivity contribution in [1.82, 2.24) is 10.6 Å². The van der Waals surface area contributed by atoms with Gasteiger partial charge in [0.25, 0.3) is 0 Å². The Labute approximate surface area is 127 Å². The third-order valence-electron chi connectivity index (χ3n) is 2.63. The van der Waals surface area contributed by atoms with Gasteiger partial charge in [-0.1, -0.05) is 36.5 Å². The summed E-state index contributed by atoms with van der Waals surface area (Å²) in [4.78, 5) is 22.6. The van der Waals surface area contributed by atoms with Crippen molar-refractivity contribution in [2.75, 3.05) is 0 Å². The number of carbonyl (C=O) groups is 2. The van der Waals surface area contributed by atoms with Crippen LogP contribution >= 0.6 is 23.2 Å². The number of carboxylic acids is 1. The van der Waals surface area contributed by atoms with Crippen LogP contribution in [0.1, 0.15) is 25.3 Å². The lowest BCUT2D eigenvalue weighted by molar-refractivity contribution is -0.139. The van der Waals surface area contributed by atoms with Crippen molar-refractivity contribution < 1.29 is 14.7 Å². The molecule has 0 aromatic heterocycles. The lowest BCUT2D eigenvalue weighted by Crippen LogP contribution is -2.45. The largest absolute Gasteiger partial charge is 0.480 e. The van der Waals surface area contributed by atoms with Crippen molar-refractivity contribution >= 4 is 35.2 Å². The number of nitrogens with one attached hydrogen (secondary N) is 2. The highest BCUT2D eigenvalue weighted by Crippen LogP contribution is 2.20. The summed E-state index contributed by atoms with van der Waals surface area (Å²) in [6.45, 7) is 2.02. The summed E-state index contributed by atoms with van der Waals surface area (Å²) in [5.41, 5.74) is 0.664. The Bertz CT molecular complexity index is 495. The molecule has 20 heavy (non-hydrogen) atoms. The molecule has 0 aliphatic rings. The first-order valence-corrected chi connectivity index (χ1v) is 6.90. The molecule has 2 amide bonds. The Balaban J connectivity index is 2.54. The van der Waals surface area contributed by atoms with E-state index in [2.05, 4.69) is 10.6 Å². The summed E-state index contributed by atoms with van der Waals surface area (Å²) >= 11 is 11.8. The number of hydrogen-bond donors (Lipinski definition) is 3. The number of carboxylic acid groups (broad SMARTS) is 1. The fourth-order valence-electron chi connectivity index (χ4n) is 1.61. The first-order valence-electron chi connectivity index (χ1n) is 6.15. The van der Waals surface area contributed by atoms with Crippen LogP contribution in [0.3, 0.4) is 0 Å². The standard InChI is InChI=1S/C13H16Cl2N2O3/c1-2-3-11(12(18)19)17-13(20)16-7-8-6-9(14)4-5-10(8)15/h4-6,11H,2-3,7H2,1H3,(H,18,19)(H2,16,17,20). The molecule has 0 spiro atoms. The maximum atomic E-state index is 11.6. The zero-order valence-corrected chi connectivity index (χ0v) is 12.5. The first-order chi connectivity index (χ1) is 9.43. The smallest absolute Gasteiger partial charge is 0.326 e. The predicted octanol–water partition coefficient (Wildman–Crippen LogP) is 3.05. The number of carbonyl (C=O) groups excluding carboxylic acids is 1. The van der Waals surface area contributed by atoms with E-state index < -0.39 is 18.0 Å². The minimum absolute atomic E-state index is 0.170. The van der Waals surface area contributed by atoms with E-state index >= 15 is 0 Å². The monoisotopic (exact) mass is 318 g/mol. The normalized spacial score (nSPS) is 11.8. The SMILES string of the molecule is CCCC(NC(=O)NCc1cc(Cl)ccc1Cl)C(=O)O. The van der Waals surface area contributed by atoms with Gasteiger partial charge in [0.1, 0.15) is 6.04 Å². The molecular formula is C13H16Cl2N2O3. The highest BCUT2D eigenvalue weighted by Gasteiger charge is 2.18. The van der Waals surface area contributed by atoms with Crippen LogP contribution in [-0.2, 0) is 11.3 Å². The molecule has 3 N–H and O–H groups in total. The van der Waals surface area contributed by atoms with Crippen LogP contribution in [0.15, 0.2) is 18.2 Å². The molecule has 7 heteroatoms. The number of aliphatic carboxylic acids is 1. The second-order valence-corrected chi connectivity index (χ2v) is 5.09. The van der Waals surface area contributed by atoms with Gasteiger partial charge in [-0.25, -0.2) is 9.59 Å². The topological polar surface area (TPSA) is 78.4 Å². The van der Waals surface area contributed by atoms with E-state index in [0.717, 1.165) is 0 Å². The summed E-state index contributed by atoms with van der Waals surface area (Å²) in [6.07, 6.45) is 1.04. The summed E-state index contributed by atoms with van der Waals surface area (Å²) < 4.78 is 0. The molecule has 0 fully saturated rings. The fraction of sp³-hybridized carbons (Fsp3) is 0.385. The van der Waals surface area contributed by atoms with E-state index in [9.17, 15) is 9.59 Å². The van der Waals surface area contributed by atoms with Crippen LogP contribution < -0.4 is 10.6 Å². The first kappa shape index (κ1) is 16.6. The van der Waals surface area contributed by atoms with Gasteiger partial charge in [0, 0.05) is 16.6 Å². The zero-order chi connectivity index (χ0) is 15.1. The van der Waals surface area contributed by atoms with Gasteiger partial charge in [-0.15, -0.1) is 0 Å². The Morgan fingerprint density at radius 1 is 1.35 bits per heavy atom. The summed E-state index contributed by atoms with van der Waals surface area (Å²) in [7, 11) is 0. The van der Waals surface area contributed by atoms with Crippen LogP contribution in [0, 0.1) is 0 Å². The number of hydrogen-bond acceptors (Lipinski definition) is 2. The average molecular weight is 319 g/mol. The lowest BCUT2D eigenvalue weighted by atomic mass is 10.2. The van der Waals surface area contributed by atoms with Crippen molar-refractivity contribution in [3.63, 3.8) is 0 Å². The molecule has 110 valence electrons. The van der Waals surface area contributed by atoms with Crippen molar-refractivity contribution in [3.05, 3.63) is 33.8 Å². The van der Waals surface area contributed by atoms with Gasteiger partial charge in [0.2, 0.25) is 0 Å². The van der Waals surface area contributed by atoms with E-state index in [1.807, 2.05) is 6.92 Å². The Hall–Kier alpha value is -1.46. The minimum atomic E-state index is -1.05. The van der Waals surface area contributed by atoms with Crippen molar-refractivity contribution in [2.24, 2.45) is 0 Å². The second-order valence-electron chi connectivity index (χ2n) is 4.24. The van der Waals surface area contributed by atoms with Crippen molar-refractivity contribution in [1.29, 1.82) is 0 Å². The molecule has 0 bridgehead atoms. The van der Waals surface area contributed by atoms with Gasteiger partial charge >= 0.3 is 12.0 Å². The van der Waals surface area contributed by atoms with Crippen molar-refractivity contribution in [3.8, 4) is 0 Å². The van der Waals surface area contributed by atoms with Crippen LogP contribution in [-0.4, -0.2) is 23.1 Å². The molecule has 0 radical (unpaired) electrons. The molecule has 0 saturated heterocycles. The fourth-order valence-corrected chi connectivity index (χ4v) is 1.99. The molecule has 1 unspecified atom stereocenters. The van der Waals surface area contributed by atoms with Crippen LogP contribution in [0.5, 0.6) is 0 Å². The summed E-state index contributed by atoms with van der Waals surface area (Å²) in [6, 6.07) is 3.48. The van der Waals surface area contributed by atoms with Gasteiger partial charge in [-0.05, 0) is 30.2 Å². The summed E-state index contributed by atoms with van der Waals surface area (Å²) in [5, 5.41) is 14.9. The molecule has 1 rings (SSSR count). The Kier molecular flexibility index (Phi) is 6.61. The molecule has 1 aromatic carbocycles. The minimum Gasteiger partial charge on any atom is -0.480 e. The molecule has 1 atom stereocenters. The predicted molar refractivity (Wildman–Crippen MR) is 78.2 cm³/mol. The Morgan fingerprint density at radius 3 is 2.65 bits per heavy atom.